The average Bonchev–Trinajstić information content (AvgIpc) is 2.38. The van der Waals surface area contributed by atoms with Gasteiger partial charge in [-0.2, -0.15) is 0 Å². The standard InChI is InChI=1S/C12H15BrNO3P/c1-14-8-11(13)9-6-4-5-7-10(9)12(14)18(15,16-2)17-3/h4-8,12H,1-3H3. The highest BCUT2D eigenvalue weighted by atomic mass is 79.9. The number of halogens is 1. The molecule has 1 unspecified atom stereocenters. The molecular weight excluding hydrogens is 317 g/mol. The molecule has 2 rings (SSSR count). The Morgan fingerprint density at radius 2 is 1.89 bits per heavy atom. The van der Waals surface area contributed by atoms with Crippen molar-refractivity contribution < 1.29 is 13.6 Å². The highest BCUT2D eigenvalue weighted by Crippen LogP contribution is 2.63. The van der Waals surface area contributed by atoms with Crippen molar-refractivity contribution in [1.29, 1.82) is 0 Å². The Morgan fingerprint density at radius 1 is 1.28 bits per heavy atom. The van der Waals surface area contributed by atoms with Crippen LogP contribution < -0.4 is 0 Å². The minimum absolute atomic E-state index is 0.426. The summed E-state index contributed by atoms with van der Waals surface area (Å²) < 4.78 is 23.9. The molecule has 1 aromatic rings. The first-order chi connectivity index (χ1) is 8.53. The maximum atomic E-state index is 12.7. The minimum Gasteiger partial charge on any atom is -0.362 e. The van der Waals surface area contributed by atoms with Crippen molar-refractivity contribution in [1.82, 2.24) is 4.90 Å². The maximum Gasteiger partial charge on any atom is 0.356 e. The van der Waals surface area contributed by atoms with Crippen molar-refractivity contribution in [2.75, 3.05) is 21.3 Å². The number of hydrogen-bond donors (Lipinski definition) is 0. The number of fused-ring (bicyclic) bond motifs is 1. The van der Waals surface area contributed by atoms with Gasteiger partial charge in [-0.25, -0.2) is 0 Å². The minimum atomic E-state index is -3.21. The van der Waals surface area contributed by atoms with Crippen LogP contribution in [0.5, 0.6) is 0 Å². The van der Waals surface area contributed by atoms with Crippen molar-refractivity contribution >= 4 is 28.0 Å². The molecule has 4 nitrogen and oxygen atoms in total. The van der Waals surface area contributed by atoms with Crippen LogP contribution in [0.2, 0.25) is 0 Å². The van der Waals surface area contributed by atoms with Crippen LogP contribution in [0.1, 0.15) is 16.9 Å². The molecule has 98 valence electrons. The van der Waals surface area contributed by atoms with E-state index >= 15 is 0 Å². The third-order valence-electron chi connectivity index (χ3n) is 3.01. The summed E-state index contributed by atoms with van der Waals surface area (Å²) in [4.78, 5) is 1.85. The molecule has 1 atom stereocenters. The number of benzene rings is 1. The summed E-state index contributed by atoms with van der Waals surface area (Å²) in [6.07, 6.45) is 1.89. The summed E-state index contributed by atoms with van der Waals surface area (Å²) in [6.45, 7) is 0. The summed E-state index contributed by atoms with van der Waals surface area (Å²) in [5.41, 5.74) is 1.94. The van der Waals surface area contributed by atoms with Gasteiger partial charge in [0.15, 0.2) is 5.78 Å². The van der Waals surface area contributed by atoms with Crippen LogP contribution in [0.3, 0.4) is 0 Å². The van der Waals surface area contributed by atoms with Gasteiger partial charge in [-0.3, -0.25) is 4.57 Å². The summed E-state index contributed by atoms with van der Waals surface area (Å²) in [7, 11) is 1.46. The van der Waals surface area contributed by atoms with Crippen molar-refractivity contribution in [3.8, 4) is 0 Å². The zero-order valence-electron chi connectivity index (χ0n) is 10.5. The second kappa shape index (κ2) is 5.17. The Hall–Kier alpha value is -0.610. The fourth-order valence-corrected chi connectivity index (χ4v) is 4.46. The van der Waals surface area contributed by atoms with E-state index in [1.165, 1.54) is 14.2 Å². The van der Waals surface area contributed by atoms with Crippen molar-refractivity contribution in [2.24, 2.45) is 0 Å². The van der Waals surface area contributed by atoms with Crippen LogP contribution in [-0.2, 0) is 13.6 Å². The molecule has 0 saturated carbocycles. The van der Waals surface area contributed by atoms with Crippen LogP contribution in [0.25, 0.3) is 4.48 Å². The van der Waals surface area contributed by atoms with Gasteiger partial charge in [0.25, 0.3) is 0 Å². The summed E-state index contributed by atoms with van der Waals surface area (Å²) in [6, 6.07) is 7.78. The number of rotatable bonds is 3. The lowest BCUT2D eigenvalue weighted by molar-refractivity contribution is 0.236. The van der Waals surface area contributed by atoms with Crippen LogP contribution in [0.4, 0.5) is 0 Å². The zero-order chi connectivity index (χ0) is 13.3. The molecule has 0 amide bonds. The average molecular weight is 332 g/mol. The molecule has 1 aromatic carbocycles. The molecule has 0 saturated heterocycles. The molecule has 0 fully saturated rings. The SMILES string of the molecule is COP(=O)(OC)C1c2ccccc2C(Br)=CN1C. The van der Waals surface area contributed by atoms with Crippen LogP contribution in [0.15, 0.2) is 30.5 Å². The third kappa shape index (κ3) is 2.16. The lowest BCUT2D eigenvalue weighted by Gasteiger charge is -2.35. The molecule has 0 spiro atoms. The highest BCUT2D eigenvalue weighted by molar-refractivity contribution is 9.15. The third-order valence-corrected chi connectivity index (χ3v) is 5.90. The van der Waals surface area contributed by atoms with Crippen LogP contribution in [0, 0.1) is 0 Å². The van der Waals surface area contributed by atoms with Crippen LogP contribution in [-0.4, -0.2) is 26.2 Å². The normalized spacial score (nSPS) is 19.4. The summed E-state index contributed by atoms with van der Waals surface area (Å²) in [5.74, 6) is -0.426. The van der Waals surface area contributed by atoms with Crippen molar-refractivity contribution in [2.45, 2.75) is 5.78 Å². The Balaban J connectivity index is 2.59. The highest BCUT2D eigenvalue weighted by Gasteiger charge is 2.41. The Kier molecular flexibility index (Phi) is 3.97. The van der Waals surface area contributed by atoms with Crippen molar-refractivity contribution in [3.63, 3.8) is 0 Å². The van der Waals surface area contributed by atoms with E-state index in [2.05, 4.69) is 15.9 Å². The Morgan fingerprint density at radius 3 is 2.50 bits per heavy atom. The molecule has 0 aromatic heterocycles. The number of hydrogen-bond acceptors (Lipinski definition) is 4. The van der Waals surface area contributed by atoms with Crippen molar-refractivity contribution in [3.05, 3.63) is 41.6 Å². The summed E-state index contributed by atoms with van der Waals surface area (Å²) >= 11 is 3.51. The van der Waals surface area contributed by atoms with Gasteiger partial charge < -0.3 is 13.9 Å². The lowest BCUT2D eigenvalue weighted by Crippen LogP contribution is -2.24. The molecule has 1 aliphatic heterocycles. The van der Waals surface area contributed by atoms with Gasteiger partial charge in [0.1, 0.15) is 0 Å². The van der Waals surface area contributed by atoms with E-state index in [0.29, 0.717) is 0 Å². The maximum absolute atomic E-state index is 12.7. The fraction of sp³-hybridized carbons (Fsp3) is 0.333. The molecule has 6 heteroatoms. The first-order valence-corrected chi connectivity index (χ1v) is 7.83. The van der Waals surface area contributed by atoms with Gasteiger partial charge in [0, 0.05) is 31.9 Å². The van der Waals surface area contributed by atoms with Gasteiger partial charge in [-0.15, -0.1) is 0 Å². The Bertz CT molecular complexity index is 524. The van der Waals surface area contributed by atoms with Gasteiger partial charge >= 0.3 is 7.60 Å². The van der Waals surface area contributed by atoms with E-state index in [0.717, 1.165) is 15.6 Å². The lowest BCUT2D eigenvalue weighted by atomic mass is 10.0. The van der Waals surface area contributed by atoms with E-state index in [9.17, 15) is 4.57 Å². The fourth-order valence-electron chi connectivity index (χ4n) is 2.15. The van der Waals surface area contributed by atoms with Gasteiger partial charge in [0.2, 0.25) is 0 Å². The second-order valence-corrected chi connectivity index (χ2v) is 7.16. The largest absolute Gasteiger partial charge is 0.362 e. The van der Waals surface area contributed by atoms with Gasteiger partial charge in [-0.1, -0.05) is 24.3 Å². The van der Waals surface area contributed by atoms with Crippen LogP contribution >= 0.6 is 23.5 Å². The molecular formula is C12H15BrNO3P. The van der Waals surface area contributed by atoms with Gasteiger partial charge in [-0.05, 0) is 27.1 Å². The predicted octanol–water partition coefficient (Wildman–Crippen LogP) is 3.81. The predicted molar refractivity (Wildman–Crippen MR) is 75.5 cm³/mol. The van der Waals surface area contributed by atoms with Gasteiger partial charge in [0.05, 0.1) is 0 Å². The quantitative estimate of drug-likeness (QED) is 0.789. The van der Waals surface area contributed by atoms with E-state index in [1.807, 2.05) is 42.4 Å². The first kappa shape index (κ1) is 13.8. The zero-order valence-corrected chi connectivity index (χ0v) is 12.9. The molecule has 0 aliphatic carbocycles. The van der Waals surface area contributed by atoms with E-state index in [4.69, 9.17) is 9.05 Å². The van der Waals surface area contributed by atoms with E-state index < -0.39 is 13.4 Å². The topological polar surface area (TPSA) is 38.8 Å². The van der Waals surface area contributed by atoms with E-state index in [1.54, 1.807) is 0 Å². The first-order valence-electron chi connectivity index (χ1n) is 5.43. The second-order valence-electron chi connectivity index (χ2n) is 4.01. The molecule has 0 bridgehead atoms. The molecule has 1 aliphatic rings. The number of nitrogens with zero attached hydrogens (tertiary/aromatic N) is 1. The van der Waals surface area contributed by atoms with E-state index in [-0.39, 0.29) is 0 Å². The molecule has 18 heavy (non-hydrogen) atoms. The summed E-state index contributed by atoms with van der Waals surface area (Å²) in [5, 5.41) is 0. The molecule has 0 N–H and O–H groups in total. The molecule has 0 radical (unpaired) electrons. The monoisotopic (exact) mass is 331 g/mol. The smallest absolute Gasteiger partial charge is 0.356 e. The molecule has 1 heterocycles. The Labute approximate surface area is 115 Å².